The van der Waals surface area contributed by atoms with E-state index in [2.05, 4.69) is 33.0 Å². The number of hydrogen-bond acceptors (Lipinski definition) is 2. The molecule has 2 saturated heterocycles. The van der Waals surface area contributed by atoms with Crippen LogP contribution in [0.2, 0.25) is 5.02 Å². The second-order valence-electron chi connectivity index (χ2n) is 6.74. The first-order valence-corrected chi connectivity index (χ1v) is 8.90. The van der Waals surface area contributed by atoms with Crippen molar-refractivity contribution in [2.75, 3.05) is 26.2 Å². The highest BCUT2D eigenvalue weighted by atomic mass is 35.5. The van der Waals surface area contributed by atoms with Crippen molar-refractivity contribution in [3.05, 3.63) is 35.0 Å². The molecule has 1 aromatic heterocycles. The summed E-state index contributed by atoms with van der Waals surface area (Å²) in [6, 6.07) is 9.06. The van der Waals surface area contributed by atoms with Gasteiger partial charge in [0.05, 0.1) is 5.02 Å². The van der Waals surface area contributed by atoms with Gasteiger partial charge in [0.1, 0.15) is 0 Å². The Morgan fingerprint density at radius 3 is 2.73 bits per heavy atom. The molecule has 4 heteroatoms. The fourth-order valence-electron chi connectivity index (χ4n) is 4.03. The van der Waals surface area contributed by atoms with Crippen molar-refractivity contribution in [3.8, 4) is 0 Å². The van der Waals surface area contributed by atoms with Crippen LogP contribution in [-0.2, 0) is 6.54 Å². The Hall–Kier alpha value is -1.03. The van der Waals surface area contributed by atoms with Gasteiger partial charge in [0.15, 0.2) is 0 Å². The number of nitrogens with zero attached hydrogens (tertiary/aromatic N) is 2. The summed E-state index contributed by atoms with van der Waals surface area (Å²) in [6.07, 6.45) is 5.48. The predicted molar refractivity (Wildman–Crippen MR) is 92.4 cm³/mol. The molecule has 0 radical (unpaired) electrons. The molecule has 0 spiro atoms. The molecule has 2 aromatic rings. The minimum atomic E-state index is 0.753. The SMILES string of the molecule is Clc1c(CN2CCC(N3CCCCC3)C2)[nH]c2ccccc12. The Morgan fingerprint density at radius 1 is 1.09 bits per heavy atom. The van der Waals surface area contributed by atoms with E-state index in [1.807, 2.05) is 6.07 Å². The second kappa shape index (κ2) is 6.23. The third kappa shape index (κ3) is 2.78. The highest BCUT2D eigenvalue weighted by Gasteiger charge is 2.29. The highest BCUT2D eigenvalue weighted by molar-refractivity contribution is 6.36. The van der Waals surface area contributed by atoms with E-state index in [0.717, 1.165) is 28.5 Å². The van der Waals surface area contributed by atoms with Crippen molar-refractivity contribution < 1.29 is 0 Å². The monoisotopic (exact) mass is 317 g/mol. The second-order valence-corrected chi connectivity index (χ2v) is 7.12. The van der Waals surface area contributed by atoms with Crippen LogP contribution in [0.5, 0.6) is 0 Å². The zero-order valence-electron chi connectivity index (χ0n) is 13.0. The van der Waals surface area contributed by atoms with Crippen molar-refractivity contribution in [2.24, 2.45) is 0 Å². The van der Waals surface area contributed by atoms with Crippen LogP contribution in [0.1, 0.15) is 31.4 Å². The van der Waals surface area contributed by atoms with Crippen LogP contribution in [0.4, 0.5) is 0 Å². The van der Waals surface area contributed by atoms with Crippen LogP contribution < -0.4 is 0 Å². The summed E-state index contributed by atoms with van der Waals surface area (Å²) in [7, 11) is 0. The van der Waals surface area contributed by atoms with Crippen LogP contribution in [0.3, 0.4) is 0 Å². The number of H-pyrrole nitrogens is 1. The quantitative estimate of drug-likeness (QED) is 0.928. The van der Waals surface area contributed by atoms with Gasteiger partial charge in [-0.25, -0.2) is 0 Å². The number of halogens is 1. The van der Waals surface area contributed by atoms with Crippen LogP contribution in [0.25, 0.3) is 10.9 Å². The summed E-state index contributed by atoms with van der Waals surface area (Å²) in [5, 5.41) is 2.04. The Kier molecular flexibility index (Phi) is 4.12. The number of fused-ring (bicyclic) bond motifs is 1. The van der Waals surface area contributed by atoms with Crippen molar-refractivity contribution in [2.45, 2.75) is 38.3 Å². The van der Waals surface area contributed by atoms with Gasteiger partial charge in [-0.15, -0.1) is 0 Å². The first-order valence-electron chi connectivity index (χ1n) is 8.53. The molecule has 4 rings (SSSR count). The molecule has 2 aliphatic heterocycles. The fraction of sp³-hybridized carbons (Fsp3) is 0.556. The van der Waals surface area contributed by atoms with Gasteiger partial charge < -0.3 is 4.98 Å². The summed E-state index contributed by atoms with van der Waals surface area (Å²) >= 11 is 6.55. The first-order chi connectivity index (χ1) is 10.8. The van der Waals surface area contributed by atoms with Gasteiger partial charge in [-0.1, -0.05) is 36.2 Å². The highest BCUT2D eigenvalue weighted by Crippen LogP contribution is 2.29. The fourth-order valence-corrected chi connectivity index (χ4v) is 4.31. The number of aromatic amines is 1. The number of para-hydroxylation sites is 1. The predicted octanol–water partition coefficient (Wildman–Crippen LogP) is 3.88. The van der Waals surface area contributed by atoms with E-state index in [1.165, 1.54) is 57.6 Å². The van der Waals surface area contributed by atoms with E-state index in [9.17, 15) is 0 Å². The van der Waals surface area contributed by atoms with E-state index in [4.69, 9.17) is 11.6 Å². The summed E-state index contributed by atoms with van der Waals surface area (Å²) < 4.78 is 0. The first kappa shape index (κ1) is 14.6. The maximum Gasteiger partial charge on any atom is 0.0705 e. The molecule has 1 aromatic carbocycles. The van der Waals surface area contributed by atoms with Gasteiger partial charge in [0.2, 0.25) is 0 Å². The standard InChI is InChI=1S/C18H24ClN3/c19-18-15-6-2-3-7-16(15)20-17(18)13-21-11-8-14(12-21)22-9-4-1-5-10-22/h2-3,6-7,14,20H,1,4-5,8-13H2. The van der Waals surface area contributed by atoms with Gasteiger partial charge in [-0.05, 0) is 38.4 Å². The molecule has 0 aliphatic carbocycles. The lowest BCUT2D eigenvalue weighted by Gasteiger charge is -2.32. The average Bonchev–Trinajstić information content (AvgIpc) is 3.15. The van der Waals surface area contributed by atoms with E-state index >= 15 is 0 Å². The van der Waals surface area contributed by atoms with E-state index in [-0.39, 0.29) is 0 Å². The lowest BCUT2D eigenvalue weighted by Crippen LogP contribution is -2.40. The van der Waals surface area contributed by atoms with E-state index in [1.54, 1.807) is 0 Å². The third-order valence-electron chi connectivity index (χ3n) is 5.25. The largest absolute Gasteiger partial charge is 0.356 e. The Bertz CT molecular complexity index is 645. The zero-order valence-corrected chi connectivity index (χ0v) is 13.8. The lowest BCUT2D eigenvalue weighted by molar-refractivity contribution is 0.161. The van der Waals surface area contributed by atoms with Crippen molar-refractivity contribution in [3.63, 3.8) is 0 Å². The normalized spacial score (nSPS) is 24.3. The number of hydrogen-bond donors (Lipinski definition) is 1. The summed E-state index contributed by atoms with van der Waals surface area (Å²) in [4.78, 5) is 8.75. The lowest BCUT2D eigenvalue weighted by atomic mass is 10.1. The molecule has 3 heterocycles. The van der Waals surface area contributed by atoms with Gasteiger partial charge in [-0.3, -0.25) is 9.80 Å². The Labute approximate surface area is 137 Å². The van der Waals surface area contributed by atoms with Gasteiger partial charge in [-0.2, -0.15) is 0 Å². The molecule has 1 atom stereocenters. The molecule has 2 aliphatic rings. The van der Waals surface area contributed by atoms with Crippen molar-refractivity contribution >= 4 is 22.5 Å². The number of benzene rings is 1. The molecule has 118 valence electrons. The molecule has 1 unspecified atom stereocenters. The molecular formula is C18H24ClN3. The molecule has 0 bridgehead atoms. The van der Waals surface area contributed by atoms with Crippen LogP contribution >= 0.6 is 11.6 Å². The van der Waals surface area contributed by atoms with E-state index in [0.29, 0.717) is 0 Å². The molecule has 0 saturated carbocycles. The number of likely N-dealkylation sites (tertiary alicyclic amines) is 2. The van der Waals surface area contributed by atoms with Gasteiger partial charge in [0.25, 0.3) is 0 Å². The van der Waals surface area contributed by atoms with Gasteiger partial charge in [0, 0.05) is 42.3 Å². The Morgan fingerprint density at radius 2 is 1.91 bits per heavy atom. The van der Waals surface area contributed by atoms with Crippen molar-refractivity contribution in [1.82, 2.24) is 14.8 Å². The molecular weight excluding hydrogens is 294 g/mol. The summed E-state index contributed by atoms with van der Waals surface area (Å²) in [5.74, 6) is 0. The van der Waals surface area contributed by atoms with Crippen LogP contribution in [0.15, 0.2) is 24.3 Å². The molecule has 1 N–H and O–H groups in total. The van der Waals surface area contributed by atoms with E-state index < -0.39 is 0 Å². The van der Waals surface area contributed by atoms with Crippen LogP contribution in [0, 0.1) is 0 Å². The number of nitrogens with one attached hydrogen (secondary N) is 1. The Balaban J connectivity index is 1.44. The minimum absolute atomic E-state index is 0.753. The zero-order chi connectivity index (χ0) is 14.9. The van der Waals surface area contributed by atoms with Gasteiger partial charge >= 0.3 is 0 Å². The smallest absolute Gasteiger partial charge is 0.0705 e. The number of piperidine rings is 1. The maximum atomic E-state index is 6.55. The number of aromatic nitrogens is 1. The van der Waals surface area contributed by atoms with Crippen molar-refractivity contribution in [1.29, 1.82) is 0 Å². The molecule has 0 amide bonds. The third-order valence-corrected chi connectivity index (χ3v) is 5.68. The molecule has 3 nitrogen and oxygen atoms in total. The van der Waals surface area contributed by atoms with Crippen LogP contribution in [-0.4, -0.2) is 47.0 Å². The molecule has 2 fully saturated rings. The summed E-state index contributed by atoms with van der Waals surface area (Å²) in [6.45, 7) is 5.91. The average molecular weight is 318 g/mol. The molecule has 22 heavy (non-hydrogen) atoms. The topological polar surface area (TPSA) is 22.3 Å². The minimum Gasteiger partial charge on any atom is -0.356 e. The maximum absolute atomic E-state index is 6.55. The summed E-state index contributed by atoms with van der Waals surface area (Å²) in [5.41, 5.74) is 2.32. The number of rotatable bonds is 3.